The highest BCUT2D eigenvalue weighted by Gasteiger charge is 2.51. The topological polar surface area (TPSA) is 128 Å². The number of fused-ring (bicyclic) bond motifs is 6. The van der Waals surface area contributed by atoms with Crippen molar-refractivity contribution in [3.63, 3.8) is 0 Å². The highest BCUT2D eigenvalue weighted by molar-refractivity contribution is 7.89. The second-order valence-corrected chi connectivity index (χ2v) is 10.4. The maximum absolute atomic E-state index is 13.4. The van der Waals surface area contributed by atoms with Gasteiger partial charge in [0, 0.05) is 18.0 Å². The van der Waals surface area contributed by atoms with Gasteiger partial charge in [0.25, 0.3) is 5.69 Å². The number of hydrogen-bond donors (Lipinski definition) is 1. The lowest BCUT2D eigenvalue weighted by Crippen LogP contribution is -2.37. The number of nitro groups is 1. The number of benzene rings is 3. The number of hydrogen-bond acceptors (Lipinski definition) is 6. The fourth-order valence-electron chi connectivity index (χ4n) is 5.25. The van der Waals surface area contributed by atoms with E-state index in [9.17, 15) is 32.8 Å². The first-order valence-electron chi connectivity index (χ1n) is 10.7. The zero-order valence-electron chi connectivity index (χ0n) is 17.9. The summed E-state index contributed by atoms with van der Waals surface area (Å²) >= 11 is 0. The molecule has 6 rings (SSSR count). The molecular formula is C23H17FN4O6S. The van der Waals surface area contributed by atoms with Crippen LogP contribution in [0.15, 0.2) is 70.4 Å². The first-order valence-corrected chi connectivity index (χ1v) is 12.1. The van der Waals surface area contributed by atoms with Crippen LogP contribution in [0.2, 0.25) is 0 Å². The van der Waals surface area contributed by atoms with Crippen molar-refractivity contribution in [2.24, 2.45) is 0 Å². The standard InChI is InChI=1S/C23H17FN4O6S/c24-13-5-7-15(8-6-13)35(33,34)25-12-14-11-20(25)21-22(29)27(23(30)26(14)21)18-9-10-19(28(31)32)17-4-2-1-3-16(17)18/h1-10,14,20,29H,11-12H2/t14-,20-/m1/s1. The second-order valence-electron chi connectivity index (χ2n) is 8.54. The number of aromatic nitrogens is 2. The van der Waals surface area contributed by atoms with Gasteiger partial charge in [-0.25, -0.2) is 22.2 Å². The molecule has 178 valence electrons. The molecule has 0 spiro atoms. The average molecular weight is 496 g/mol. The SMILES string of the molecule is O=c1n(-c2ccc([N+](=O)[O-])c3ccccc23)c(O)c2n1[C@@H]1C[C@H]2N(S(=O)(=O)c2ccc(F)cc2)C1. The Morgan fingerprint density at radius 2 is 1.71 bits per heavy atom. The first-order chi connectivity index (χ1) is 16.7. The smallest absolute Gasteiger partial charge is 0.336 e. The molecule has 10 nitrogen and oxygen atoms in total. The van der Waals surface area contributed by atoms with Crippen LogP contribution < -0.4 is 5.69 Å². The third-order valence-corrected chi connectivity index (χ3v) is 8.64. The van der Waals surface area contributed by atoms with Crippen molar-refractivity contribution in [3.05, 3.63) is 92.8 Å². The van der Waals surface area contributed by atoms with Crippen LogP contribution >= 0.6 is 0 Å². The van der Waals surface area contributed by atoms with Crippen LogP contribution in [0.5, 0.6) is 5.88 Å². The molecule has 2 bridgehead atoms. The van der Waals surface area contributed by atoms with E-state index in [4.69, 9.17) is 0 Å². The number of halogens is 1. The van der Waals surface area contributed by atoms with Crippen LogP contribution in [0.3, 0.4) is 0 Å². The molecule has 0 amide bonds. The van der Waals surface area contributed by atoms with Gasteiger partial charge in [-0.15, -0.1) is 0 Å². The maximum atomic E-state index is 13.4. The fraction of sp³-hybridized carbons (Fsp3) is 0.174. The Bertz CT molecular complexity index is 1710. The van der Waals surface area contributed by atoms with Gasteiger partial charge < -0.3 is 5.11 Å². The summed E-state index contributed by atoms with van der Waals surface area (Å²) in [7, 11) is -4.01. The molecule has 1 fully saturated rings. The van der Waals surface area contributed by atoms with Crippen molar-refractivity contribution in [1.82, 2.24) is 13.4 Å². The third kappa shape index (κ3) is 2.90. The summed E-state index contributed by atoms with van der Waals surface area (Å²) in [5, 5.41) is 23.3. The minimum Gasteiger partial charge on any atom is -0.493 e. The van der Waals surface area contributed by atoms with Gasteiger partial charge in [-0.05, 0) is 42.8 Å². The van der Waals surface area contributed by atoms with E-state index in [2.05, 4.69) is 0 Å². The molecule has 2 aliphatic rings. The molecule has 35 heavy (non-hydrogen) atoms. The van der Waals surface area contributed by atoms with Crippen LogP contribution in [-0.2, 0) is 10.0 Å². The van der Waals surface area contributed by atoms with E-state index >= 15 is 0 Å². The monoisotopic (exact) mass is 496 g/mol. The highest BCUT2D eigenvalue weighted by atomic mass is 32.2. The lowest BCUT2D eigenvalue weighted by Gasteiger charge is -2.26. The number of nitro benzene ring substituents is 1. The first kappa shape index (κ1) is 21.5. The number of rotatable bonds is 4. The van der Waals surface area contributed by atoms with E-state index in [0.29, 0.717) is 17.2 Å². The summed E-state index contributed by atoms with van der Waals surface area (Å²) in [5.41, 5.74) is -0.273. The molecule has 2 atom stereocenters. The molecule has 0 radical (unpaired) electrons. The molecule has 4 aromatic rings. The van der Waals surface area contributed by atoms with Crippen LogP contribution in [0.1, 0.15) is 24.2 Å². The van der Waals surface area contributed by atoms with Crippen molar-refractivity contribution in [2.75, 3.05) is 6.54 Å². The van der Waals surface area contributed by atoms with Crippen LogP contribution in [-0.4, -0.2) is 38.4 Å². The third-order valence-electron chi connectivity index (χ3n) is 6.75. The van der Waals surface area contributed by atoms with E-state index in [-0.39, 0.29) is 28.5 Å². The molecule has 2 aliphatic heterocycles. The molecular weight excluding hydrogens is 479 g/mol. The predicted molar refractivity (Wildman–Crippen MR) is 123 cm³/mol. The van der Waals surface area contributed by atoms with Crippen molar-refractivity contribution in [1.29, 1.82) is 0 Å². The lowest BCUT2D eigenvalue weighted by atomic mass is 10.1. The number of nitrogens with zero attached hydrogens (tertiary/aromatic N) is 4. The summed E-state index contributed by atoms with van der Waals surface area (Å²) in [5.74, 6) is -0.980. The molecule has 0 aliphatic carbocycles. The van der Waals surface area contributed by atoms with E-state index in [1.165, 1.54) is 33.1 Å². The van der Waals surface area contributed by atoms with Gasteiger partial charge in [0.15, 0.2) is 0 Å². The van der Waals surface area contributed by atoms with Gasteiger partial charge in [-0.3, -0.25) is 14.7 Å². The Labute approximate surface area is 197 Å². The van der Waals surface area contributed by atoms with Crippen LogP contribution in [0.25, 0.3) is 16.5 Å². The van der Waals surface area contributed by atoms with Gasteiger partial charge in [0.2, 0.25) is 15.9 Å². The minimum atomic E-state index is -4.01. The Morgan fingerprint density at radius 1 is 1.03 bits per heavy atom. The molecule has 1 aromatic heterocycles. The summed E-state index contributed by atoms with van der Waals surface area (Å²) in [6, 6.07) is 12.4. The van der Waals surface area contributed by atoms with Crippen molar-refractivity contribution < 1.29 is 22.8 Å². The van der Waals surface area contributed by atoms with Gasteiger partial charge in [-0.2, -0.15) is 4.31 Å². The quantitative estimate of drug-likeness (QED) is 0.341. The fourth-order valence-corrected chi connectivity index (χ4v) is 6.89. The van der Waals surface area contributed by atoms with Gasteiger partial charge in [-0.1, -0.05) is 18.2 Å². The summed E-state index contributed by atoms with van der Waals surface area (Å²) in [4.78, 5) is 24.3. The van der Waals surface area contributed by atoms with Crippen molar-refractivity contribution in [3.8, 4) is 11.6 Å². The largest absolute Gasteiger partial charge is 0.493 e. The molecule has 3 heterocycles. The molecule has 0 saturated carbocycles. The zero-order chi connectivity index (χ0) is 24.6. The van der Waals surface area contributed by atoms with Gasteiger partial charge >= 0.3 is 5.69 Å². The van der Waals surface area contributed by atoms with Crippen LogP contribution in [0, 0.1) is 15.9 Å². The number of aromatic hydroxyl groups is 1. The van der Waals surface area contributed by atoms with E-state index in [0.717, 1.165) is 16.7 Å². The number of imidazole rings is 1. The molecule has 3 aromatic carbocycles. The predicted octanol–water partition coefficient (Wildman–Crippen LogP) is 3.24. The number of sulfonamides is 1. The van der Waals surface area contributed by atoms with E-state index < -0.39 is 44.4 Å². The highest BCUT2D eigenvalue weighted by Crippen LogP contribution is 2.50. The van der Waals surface area contributed by atoms with Gasteiger partial charge in [0.1, 0.15) is 11.5 Å². The summed E-state index contributed by atoms with van der Waals surface area (Å²) < 4.78 is 43.5. The Kier molecular flexibility index (Phi) is 4.44. The summed E-state index contributed by atoms with van der Waals surface area (Å²) in [6.07, 6.45) is 0.320. The minimum absolute atomic E-state index is 0.0295. The van der Waals surface area contributed by atoms with Gasteiger partial charge in [0.05, 0.1) is 33.0 Å². The molecule has 0 unspecified atom stereocenters. The molecule has 1 saturated heterocycles. The van der Waals surface area contributed by atoms with E-state index in [1.54, 1.807) is 24.3 Å². The number of non-ortho nitro benzene ring substituents is 1. The molecule has 12 heteroatoms. The lowest BCUT2D eigenvalue weighted by molar-refractivity contribution is -0.383. The Hall–Kier alpha value is -4.03. The molecule has 1 N–H and O–H groups in total. The van der Waals surface area contributed by atoms with Crippen LogP contribution in [0.4, 0.5) is 10.1 Å². The summed E-state index contributed by atoms with van der Waals surface area (Å²) in [6.45, 7) is 0.0295. The van der Waals surface area contributed by atoms with Crippen molar-refractivity contribution >= 4 is 26.5 Å². The maximum Gasteiger partial charge on any atom is 0.336 e. The van der Waals surface area contributed by atoms with E-state index in [1.807, 2.05) is 0 Å². The Morgan fingerprint density at radius 3 is 2.40 bits per heavy atom. The second kappa shape index (κ2) is 7.23. The zero-order valence-corrected chi connectivity index (χ0v) is 18.7. The Balaban J connectivity index is 1.50. The normalized spacial score (nSPS) is 19.3. The van der Waals surface area contributed by atoms with Crippen molar-refractivity contribution in [2.45, 2.75) is 23.4 Å². The average Bonchev–Trinajstić information content (AvgIpc) is 3.50.